The first kappa shape index (κ1) is 17.3. The van der Waals surface area contributed by atoms with Gasteiger partial charge < -0.3 is 14.4 Å². The predicted octanol–water partition coefficient (Wildman–Crippen LogP) is 2.42. The fourth-order valence-electron chi connectivity index (χ4n) is 3.65. The molecule has 2 saturated heterocycles. The average Bonchev–Trinajstić information content (AvgIpc) is 3.24. The molecule has 3 rings (SSSR count). The van der Waals surface area contributed by atoms with Crippen LogP contribution >= 0.6 is 0 Å². The molecule has 0 radical (unpaired) electrons. The lowest BCUT2D eigenvalue weighted by molar-refractivity contribution is -0.0961. The number of benzene rings is 1. The Labute approximate surface area is 145 Å². The largest absolute Gasteiger partial charge is 0.442 e. The Morgan fingerprint density at radius 1 is 1.25 bits per heavy atom. The highest BCUT2D eigenvalue weighted by atomic mass is 16.6. The van der Waals surface area contributed by atoms with E-state index in [4.69, 9.17) is 9.47 Å². The Morgan fingerprint density at radius 3 is 2.38 bits per heavy atom. The van der Waals surface area contributed by atoms with Crippen LogP contribution in [0.15, 0.2) is 24.3 Å². The summed E-state index contributed by atoms with van der Waals surface area (Å²) in [6.07, 6.45) is 1.44. The van der Waals surface area contributed by atoms with Gasteiger partial charge >= 0.3 is 6.09 Å². The quantitative estimate of drug-likeness (QED) is 0.615. The first-order valence-electron chi connectivity index (χ1n) is 8.95. The topological polar surface area (TPSA) is 42.1 Å². The summed E-state index contributed by atoms with van der Waals surface area (Å²) in [6, 6.07) is 8.39. The summed E-state index contributed by atoms with van der Waals surface area (Å²) in [5.41, 5.74) is 1.84. The molecule has 0 aromatic heterocycles. The van der Waals surface area contributed by atoms with E-state index in [1.165, 1.54) is 5.46 Å². The van der Waals surface area contributed by atoms with Gasteiger partial charge in [0.05, 0.1) is 18.2 Å². The lowest BCUT2D eigenvalue weighted by Crippen LogP contribution is -2.54. The number of hydrogen-bond donors (Lipinski definition) is 0. The lowest BCUT2D eigenvalue weighted by Gasteiger charge is -2.46. The van der Waals surface area contributed by atoms with E-state index in [2.05, 4.69) is 59.8 Å². The number of nitrogens with zero attached hydrogens (tertiary/aromatic N) is 1. The number of ether oxygens (including phenoxy) is 2. The Hall–Kier alpha value is -1.49. The summed E-state index contributed by atoms with van der Waals surface area (Å²) < 4.78 is 11.6. The number of amides is 1. The molecule has 0 aliphatic carbocycles. The standard InChI is InChI=1S/C19H28BNO3/c1-13(2)19(11-18(4)12-23-18)9-10-21(17(22)24-19)14(3)15-5-7-16(20)8-6-15/h5-8,13-14H,9-12,20H2,1-4H3/t14-,18?,19?/m0/s1. The number of carbonyl (C=O) groups excluding carboxylic acids is 1. The maximum Gasteiger partial charge on any atom is 0.410 e. The molecule has 2 aliphatic heterocycles. The first-order valence-corrected chi connectivity index (χ1v) is 8.95. The van der Waals surface area contributed by atoms with Crippen LogP contribution < -0.4 is 5.46 Å². The molecule has 0 bridgehead atoms. The molecule has 130 valence electrons. The number of epoxide rings is 1. The molecule has 1 aromatic carbocycles. The van der Waals surface area contributed by atoms with Crippen molar-refractivity contribution < 1.29 is 14.3 Å². The van der Waals surface area contributed by atoms with Gasteiger partial charge in [0.2, 0.25) is 0 Å². The van der Waals surface area contributed by atoms with E-state index < -0.39 is 5.60 Å². The second kappa shape index (κ2) is 6.10. The third-order valence-electron chi connectivity index (χ3n) is 5.69. The van der Waals surface area contributed by atoms with Crippen molar-refractivity contribution in [3.8, 4) is 0 Å². The molecule has 0 spiro atoms. The van der Waals surface area contributed by atoms with Crippen LogP contribution in [-0.2, 0) is 9.47 Å². The van der Waals surface area contributed by atoms with Gasteiger partial charge in [0.15, 0.2) is 0 Å². The minimum atomic E-state index is -0.411. The molecule has 2 aliphatic rings. The second-order valence-electron chi connectivity index (χ2n) is 8.03. The van der Waals surface area contributed by atoms with Crippen LogP contribution in [0.5, 0.6) is 0 Å². The molecule has 2 unspecified atom stereocenters. The third-order valence-corrected chi connectivity index (χ3v) is 5.69. The molecule has 4 nitrogen and oxygen atoms in total. The highest BCUT2D eigenvalue weighted by Gasteiger charge is 2.53. The maximum absolute atomic E-state index is 12.8. The summed E-state index contributed by atoms with van der Waals surface area (Å²) in [4.78, 5) is 14.6. The van der Waals surface area contributed by atoms with E-state index in [1.807, 2.05) is 4.90 Å². The van der Waals surface area contributed by atoms with Gasteiger partial charge in [-0.2, -0.15) is 0 Å². The van der Waals surface area contributed by atoms with Crippen molar-refractivity contribution in [2.24, 2.45) is 5.92 Å². The van der Waals surface area contributed by atoms with Gasteiger partial charge in [-0.1, -0.05) is 43.6 Å². The molecule has 24 heavy (non-hydrogen) atoms. The summed E-state index contributed by atoms with van der Waals surface area (Å²) >= 11 is 0. The lowest BCUT2D eigenvalue weighted by atomic mass is 9.78. The van der Waals surface area contributed by atoms with Crippen molar-refractivity contribution in [1.82, 2.24) is 4.90 Å². The molecular formula is C19H28BNO3. The van der Waals surface area contributed by atoms with Crippen LogP contribution in [0.3, 0.4) is 0 Å². The molecule has 0 N–H and O–H groups in total. The fraction of sp³-hybridized carbons (Fsp3) is 0.632. The van der Waals surface area contributed by atoms with Gasteiger partial charge in [0.1, 0.15) is 13.4 Å². The summed E-state index contributed by atoms with van der Waals surface area (Å²) in [5, 5.41) is 0. The van der Waals surface area contributed by atoms with Crippen LogP contribution in [0, 0.1) is 5.92 Å². The normalized spacial score (nSPS) is 31.0. The summed E-state index contributed by atoms with van der Waals surface area (Å²) in [5.74, 6) is 0.277. The van der Waals surface area contributed by atoms with E-state index in [1.54, 1.807) is 0 Å². The van der Waals surface area contributed by atoms with E-state index in [0.29, 0.717) is 0 Å². The zero-order valence-electron chi connectivity index (χ0n) is 15.5. The second-order valence-corrected chi connectivity index (χ2v) is 8.03. The van der Waals surface area contributed by atoms with E-state index in [-0.39, 0.29) is 23.7 Å². The van der Waals surface area contributed by atoms with Crippen LogP contribution in [0.25, 0.3) is 0 Å². The minimum Gasteiger partial charge on any atom is -0.442 e. The fourth-order valence-corrected chi connectivity index (χ4v) is 3.65. The summed E-state index contributed by atoms with van der Waals surface area (Å²) in [6.45, 7) is 9.94. The van der Waals surface area contributed by atoms with Crippen molar-refractivity contribution in [2.75, 3.05) is 13.2 Å². The van der Waals surface area contributed by atoms with Crippen molar-refractivity contribution in [2.45, 2.75) is 57.8 Å². The van der Waals surface area contributed by atoms with Gasteiger partial charge in [0, 0.05) is 19.4 Å². The molecule has 5 heteroatoms. The molecule has 0 saturated carbocycles. The highest BCUT2D eigenvalue weighted by molar-refractivity contribution is 6.32. The van der Waals surface area contributed by atoms with Crippen LogP contribution in [0.2, 0.25) is 0 Å². The van der Waals surface area contributed by atoms with Gasteiger partial charge in [0.25, 0.3) is 0 Å². The molecule has 3 atom stereocenters. The van der Waals surface area contributed by atoms with Crippen molar-refractivity contribution in [3.63, 3.8) is 0 Å². The Morgan fingerprint density at radius 2 is 1.88 bits per heavy atom. The van der Waals surface area contributed by atoms with Crippen molar-refractivity contribution >= 4 is 19.4 Å². The molecular weight excluding hydrogens is 301 g/mol. The van der Waals surface area contributed by atoms with Crippen LogP contribution in [-0.4, -0.2) is 43.2 Å². The monoisotopic (exact) mass is 329 g/mol. The molecule has 2 heterocycles. The molecule has 2 fully saturated rings. The highest BCUT2D eigenvalue weighted by Crippen LogP contribution is 2.44. The Kier molecular flexibility index (Phi) is 4.41. The Bertz CT molecular complexity index is 612. The Balaban J connectivity index is 1.74. The molecule has 1 aromatic rings. The number of carbonyl (C=O) groups is 1. The van der Waals surface area contributed by atoms with Gasteiger partial charge in [-0.05, 0) is 25.3 Å². The average molecular weight is 329 g/mol. The van der Waals surface area contributed by atoms with Crippen molar-refractivity contribution in [3.05, 3.63) is 29.8 Å². The van der Waals surface area contributed by atoms with E-state index in [0.717, 1.165) is 31.6 Å². The number of rotatable bonds is 5. The zero-order valence-corrected chi connectivity index (χ0v) is 15.5. The zero-order chi connectivity index (χ0) is 17.5. The minimum absolute atomic E-state index is 0.0241. The van der Waals surface area contributed by atoms with Gasteiger partial charge in [-0.3, -0.25) is 0 Å². The molecule has 1 amide bonds. The third kappa shape index (κ3) is 3.32. The van der Waals surface area contributed by atoms with Crippen LogP contribution in [0.4, 0.5) is 4.79 Å². The maximum atomic E-state index is 12.8. The van der Waals surface area contributed by atoms with E-state index in [9.17, 15) is 4.79 Å². The van der Waals surface area contributed by atoms with E-state index >= 15 is 0 Å². The van der Waals surface area contributed by atoms with Gasteiger partial charge in [-0.15, -0.1) is 0 Å². The van der Waals surface area contributed by atoms with Crippen LogP contribution in [0.1, 0.15) is 52.1 Å². The smallest absolute Gasteiger partial charge is 0.410 e. The predicted molar refractivity (Wildman–Crippen MR) is 97.4 cm³/mol. The number of hydrogen-bond acceptors (Lipinski definition) is 3. The van der Waals surface area contributed by atoms with Crippen molar-refractivity contribution in [1.29, 1.82) is 0 Å². The summed E-state index contributed by atoms with van der Waals surface area (Å²) in [7, 11) is 2.07. The first-order chi connectivity index (χ1) is 11.2. The number of cyclic esters (lactones) is 1. The van der Waals surface area contributed by atoms with Gasteiger partial charge in [-0.25, -0.2) is 4.79 Å². The SMILES string of the molecule is Bc1ccc([C@H](C)N2CCC(CC3(C)CO3)(C(C)C)OC2=O)cc1.